The van der Waals surface area contributed by atoms with Crippen molar-refractivity contribution in [2.45, 2.75) is 18.6 Å². The van der Waals surface area contributed by atoms with Crippen LogP contribution in [0.15, 0.2) is 42.9 Å². The molecule has 0 spiro atoms. The third kappa shape index (κ3) is 3.25. The molecule has 0 aliphatic carbocycles. The highest BCUT2D eigenvalue weighted by molar-refractivity contribution is 5.34. The molecule has 2 atom stereocenters. The molecule has 1 aliphatic heterocycles. The van der Waals surface area contributed by atoms with Crippen LogP contribution in [-0.2, 0) is 4.74 Å². The lowest BCUT2D eigenvalue weighted by molar-refractivity contribution is 0.105. The number of hydrogen-bond acceptors (Lipinski definition) is 6. The first-order valence-electron chi connectivity index (χ1n) is 8.55. The summed E-state index contributed by atoms with van der Waals surface area (Å²) in [5.74, 6) is 0.773. The van der Waals surface area contributed by atoms with Gasteiger partial charge in [0.25, 0.3) is 0 Å². The number of para-hydroxylation sites is 1. The van der Waals surface area contributed by atoms with E-state index in [0.29, 0.717) is 18.8 Å². The Morgan fingerprint density at radius 2 is 2.15 bits per heavy atom. The highest BCUT2D eigenvalue weighted by Crippen LogP contribution is 2.32. The van der Waals surface area contributed by atoms with E-state index in [-0.39, 0.29) is 23.7 Å². The molecule has 3 aromatic rings. The molecule has 1 aromatic carbocycles. The lowest BCUT2D eigenvalue weighted by Gasteiger charge is -2.22. The predicted molar refractivity (Wildman–Crippen MR) is 92.4 cm³/mol. The Labute approximate surface area is 150 Å². The second-order valence-electron chi connectivity index (χ2n) is 6.25. The Kier molecular flexibility index (Phi) is 4.77. The van der Waals surface area contributed by atoms with Crippen LogP contribution >= 0.6 is 0 Å². The Hall–Kier alpha value is -2.58. The van der Waals surface area contributed by atoms with Gasteiger partial charge in [-0.25, -0.2) is 4.39 Å². The van der Waals surface area contributed by atoms with Crippen molar-refractivity contribution in [1.82, 2.24) is 24.5 Å². The van der Waals surface area contributed by atoms with Crippen LogP contribution in [0.1, 0.15) is 18.3 Å². The van der Waals surface area contributed by atoms with Crippen molar-refractivity contribution < 1.29 is 13.9 Å². The molecule has 0 unspecified atom stereocenters. The monoisotopic (exact) mass is 357 g/mol. The number of rotatable bonds is 6. The van der Waals surface area contributed by atoms with E-state index in [4.69, 9.17) is 9.47 Å². The first-order valence-corrected chi connectivity index (χ1v) is 8.55. The van der Waals surface area contributed by atoms with Crippen LogP contribution in [0.4, 0.5) is 4.39 Å². The highest BCUT2D eigenvalue weighted by atomic mass is 19.1. The van der Waals surface area contributed by atoms with E-state index in [9.17, 15) is 4.39 Å². The highest BCUT2D eigenvalue weighted by Gasteiger charge is 2.35. The molecule has 7 nitrogen and oxygen atoms in total. The molecular formula is C18H20FN5O2. The molecule has 3 heterocycles. The molecule has 0 radical (unpaired) electrons. The minimum absolute atomic E-state index is 0.0570. The number of methoxy groups -OCH3 is 1. The molecule has 4 rings (SSSR count). The van der Waals surface area contributed by atoms with Crippen LogP contribution in [0.3, 0.4) is 0 Å². The fraction of sp³-hybridized carbons (Fsp3) is 0.389. The minimum Gasteiger partial charge on any atom is -0.489 e. The van der Waals surface area contributed by atoms with Gasteiger partial charge in [-0.05, 0) is 18.6 Å². The van der Waals surface area contributed by atoms with Crippen LogP contribution < -0.4 is 4.74 Å². The van der Waals surface area contributed by atoms with Crippen LogP contribution in [0.5, 0.6) is 5.75 Å². The number of aromatic nitrogens is 4. The summed E-state index contributed by atoms with van der Waals surface area (Å²) < 4.78 is 26.8. The number of nitrogens with zero attached hydrogens (tertiary/aromatic N) is 5. The van der Waals surface area contributed by atoms with Crippen molar-refractivity contribution in [3.63, 3.8) is 0 Å². The zero-order valence-corrected chi connectivity index (χ0v) is 14.5. The Morgan fingerprint density at radius 3 is 3.00 bits per heavy atom. The third-order valence-corrected chi connectivity index (χ3v) is 4.71. The van der Waals surface area contributed by atoms with Gasteiger partial charge in [0.2, 0.25) is 0 Å². The molecule has 1 saturated heterocycles. The summed E-state index contributed by atoms with van der Waals surface area (Å²) in [4.78, 5) is 6.32. The van der Waals surface area contributed by atoms with E-state index in [0.717, 1.165) is 18.8 Å². The molecule has 0 saturated carbocycles. The molecule has 0 N–H and O–H groups in total. The second kappa shape index (κ2) is 7.35. The Bertz CT molecular complexity index is 887. The first-order chi connectivity index (χ1) is 12.8. The number of likely N-dealkylation sites (tertiary alicyclic amines) is 1. The predicted octanol–water partition coefficient (Wildman–Crippen LogP) is 2.10. The van der Waals surface area contributed by atoms with Crippen molar-refractivity contribution in [1.29, 1.82) is 0 Å². The quantitative estimate of drug-likeness (QED) is 0.673. The van der Waals surface area contributed by atoms with Gasteiger partial charge in [0.05, 0.1) is 18.3 Å². The maximum atomic E-state index is 13.7. The van der Waals surface area contributed by atoms with Crippen LogP contribution in [0, 0.1) is 5.82 Å². The Balaban J connectivity index is 1.49. The van der Waals surface area contributed by atoms with E-state index in [2.05, 4.69) is 20.1 Å². The van der Waals surface area contributed by atoms with E-state index in [1.807, 2.05) is 10.6 Å². The standard InChI is InChI=1S/C18H20FN5O2/c1-25-13-10-15(18-22-21-17-11-20-6-7-24(17)18)23(12-13)8-9-26-16-5-3-2-4-14(16)19/h2-7,11,13,15H,8-10,12H2,1H3/t13-,15+/m1/s1. The largest absolute Gasteiger partial charge is 0.489 e. The number of halogens is 1. The molecule has 0 bridgehead atoms. The van der Waals surface area contributed by atoms with Crippen molar-refractivity contribution in [2.75, 3.05) is 26.8 Å². The van der Waals surface area contributed by atoms with Gasteiger partial charge in [0, 0.05) is 32.6 Å². The fourth-order valence-corrected chi connectivity index (χ4v) is 3.38. The molecule has 136 valence electrons. The second-order valence-corrected chi connectivity index (χ2v) is 6.25. The SMILES string of the molecule is CO[C@@H]1C[C@@H](c2nnc3cnccn23)N(CCOc2ccccc2F)C1. The van der Waals surface area contributed by atoms with Gasteiger partial charge in [-0.1, -0.05) is 12.1 Å². The average molecular weight is 357 g/mol. The van der Waals surface area contributed by atoms with Crippen LogP contribution in [0.2, 0.25) is 0 Å². The average Bonchev–Trinajstić information content (AvgIpc) is 3.27. The first kappa shape index (κ1) is 16.9. The fourth-order valence-electron chi connectivity index (χ4n) is 3.38. The lowest BCUT2D eigenvalue weighted by Crippen LogP contribution is -2.30. The molecule has 1 aliphatic rings. The van der Waals surface area contributed by atoms with Crippen molar-refractivity contribution in [2.24, 2.45) is 0 Å². The molecule has 8 heteroatoms. The number of hydrogen-bond donors (Lipinski definition) is 0. The van der Waals surface area contributed by atoms with Crippen LogP contribution in [-0.4, -0.2) is 57.4 Å². The van der Waals surface area contributed by atoms with E-state index >= 15 is 0 Å². The maximum absolute atomic E-state index is 13.7. The van der Waals surface area contributed by atoms with Gasteiger partial charge in [0.1, 0.15) is 6.61 Å². The van der Waals surface area contributed by atoms with Gasteiger partial charge in [-0.15, -0.1) is 10.2 Å². The molecule has 2 aromatic heterocycles. The summed E-state index contributed by atoms with van der Waals surface area (Å²) in [7, 11) is 1.72. The summed E-state index contributed by atoms with van der Waals surface area (Å²) in [6.07, 6.45) is 6.19. The zero-order valence-electron chi connectivity index (χ0n) is 14.5. The normalized spacial score (nSPS) is 20.7. The van der Waals surface area contributed by atoms with Crippen molar-refractivity contribution in [3.8, 4) is 5.75 Å². The maximum Gasteiger partial charge on any atom is 0.179 e. The lowest BCUT2D eigenvalue weighted by atomic mass is 10.2. The van der Waals surface area contributed by atoms with Gasteiger partial charge in [0.15, 0.2) is 23.0 Å². The number of benzene rings is 1. The zero-order chi connectivity index (χ0) is 17.9. The summed E-state index contributed by atoms with van der Waals surface area (Å²) in [6.45, 7) is 1.78. The summed E-state index contributed by atoms with van der Waals surface area (Å²) in [5, 5.41) is 8.54. The molecule has 0 amide bonds. The summed E-state index contributed by atoms with van der Waals surface area (Å²) in [5.41, 5.74) is 0.714. The summed E-state index contributed by atoms with van der Waals surface area (Å²) >= 11 is 0. The van der Waals surface area contributed by atoms with Crippen molar-refractivity contribution in [3.05, 3.63) is 54.5 Å². The topological polar surface area (TPSA) is 64.8 Å². The minimum atomic E-state index is -0.351. The third-order valence-electron chi connectivity index (χ3n) is 4.71. The number of ether oxygens (including phenoxy) is 2. The molecule has 1 fully saturated rings. The van der Waals surface area contributed by atoms with E-state index < -0.39 is 0 Å². The van der Waals surface area contributed by atoms with Gasteiger partial charge >= 0.3 is 0 Å². The van der Waals surface area contributed by atoms with Crippen molar-refractivity contribution >= 4 is 5.65 Å². The van der Waals surface area contributed by atoms with Gasteiger partial charge < -0.3 is 9.47 Å². The van der Waals surface area contributed by atoms with Crippen LogP contribution in [0.25, 0.3) is 5.65 Å². The molecular weight excluding hydrogens is 337 g/mol. The Morgan fingerprint density at radius 1 is 1.27 bits per heavy atom. The van der Waals surface area contributed by atoms with E-state index in [1.54, 1.807) is 37.7 Å². The van der Waals surface area contributed by atoms with Gasteiger partial charge in [-0.3, -0.25) is 14.3 Å². The smallest absolute Gasteiger partial charge is 0.179 e. The van der Waals surface area contributed by atoms with E-state index in [1.165, 1.54) is 6.07 Å². The number of fused-ring (bicyclic) bond motifs is 1. The molecule has 26 heavy (non-hydrogen) atoms. The van der Waals surface area contributed by atoms with Gasteiger partial charge in [-0.2, -0.15) is 0 Å². The summed E-state index contributed by atoms with van der Waals surface area (Å²) in [6, 6.07) is 6.49.